The lowest BCUT2D eigenvalue weighted by molar-refractivity contribution is 0.249. The molecule has 0 unspecified atom stereocenters. The van der Waals surface area contributed by atoms with Crippen LogP contribution in [0.25, 0.3) is 5.69 Å². The first-order chi connectivity index (χ1) is 10.4. The van der Waals surface area contributed by atoms with Crippen molar-refractivity contribution in [3.63, 3.8) is 0 Å². The minimum atomic E-state index is -0.890. The molecule has 0 radical (unpaired) electrons. The quantitative estimate of drug-likeness (QED) is 0.381. The highest BCUT2D eigenvalue weighted by Gasteiger charge is 2.12. The highest BCUT2D eigenvalue weighted by atomic mass is 32.1. The summed E-state index contributed by atoms with van der Waals surface area (Å²) < 4.78 is 1.32. The van der Waals surface area contributed by atoms with Crippen molar-refractivity contribution in [1.29, 1.82) is 0 Å². The number of aryl methyl sites for hydroxylation is 1. The second kappa shape index (κ2) is 6.22. The Hall–Kier alpha value is -2.94. The lowest BCUT2D eigenvalue weighted by Gasteiger charge is -2.11. The van der Waals surface area contributed by atoms with Crippen molar-refractivity contribution >= 4 is 24.5 Å². The zero-order valence-corrected chi connectivity index (χ0v) is 12.3. The first-order valence-corrected chi connectivity index (χ1v) is 6.55. The number of hydrogen-bond acceptors (Lipinski definition) is 5. The number of rotatable bonds is 3. The van der Waals surface area contributed by atoms with Crippen LogP contribution in [0.15, 0.2) is 34.2 Å². The number of urea groups is 1. The molecule has 1 aromatic heterocycles. The zero-order valence-electron chi connectivity index (χ0n) is 11.5. The third-order valence-electron chi connectivity index (χ3n) is 2.75. The molecule has 0 aliphatic carbocycles. The maximum Gasteiger partial charge on any atom is 0.332 e. The summed E-state index contributed by atoms with van der Waals surface area (Å²) in [5, 5.41) is 13.8. The van der Waals surface area contributed by atoms with Crippen molar-refractivity contribution in [2.75, 3.05) is 0 Å². The number of primary amides is 1. The third-order valence-corrected chi connectivity index (χ3v) is 3.03. The van der Waals surface area contributed by atoms with Crippen molar-refractivity contribution in [3.8, 4) is 11.6 Å². The summed E-state index contributed by atoms with van der Waals surface area (Å²) >= 11 is 5.08. The highest BCUT2D eigenvalue weighted by molar-refractivity contribution is 7.71. The molecular formula is C13H13N5O3S. The summed E-state index contributed by atoms with van der Waals surface area (Å²) in [6.07, 6.45) is 0.986. The molecule has 1 heterocycles. The monoisotopic (exact) mass is 319 g/mol. The first kappa shape index (κ1) is 15.4. The smallest absolute Gasteiger partial charge is 0.332 e. The van der Waals surface area contributed by atoms with Crippen LogP contribution in [-0.2, 0) is 0 Å². The zero-order chi connectivity index (χ0) is 16.3. The standard InChI is InChI=1S/C13H13N5O3S/c1-7-3-2-4-8(5-7)18-11(20)9(6-15-17-12(14)21)10(19)16-13(18)22/h2-6,20H,1H3,(H3,14,17,21)(H,16,19,22)/b15-6+. The molecule has 1 aromatic carbocycles. The van der Waals surface area contributed by atoms with Crippen LogP contribution in [0.3, 0.4) is 0 Å². The van der Waals surface area contributed by atoms with Crippen LogP contribution in [0.2, 0.25) is 0 Å². The molecule has 0 aliphatic heterocycles. The Morgan fingerprint density at radius 3 is 2.91 bits per heavy atom. The molecule has 0 saturated carbocycles. The van der Waals surface area contributed by atoms with E-state index in [-0.39, 0.29) is 10.3 Å². The van der Waals surface area contributed by atoms with Gasteiger partial charge < -0.3 is 10.8 Å². The van der Waals surface area contributed by atoms with E-state index >= 15 is 0 Å². The van der Waals surface area contributed by atoms with Crippen LogP contribution in [0, 0.1) is 11.7 Å². The lowest BCUT2D eigenvalue weighted by atomic mass is 10.2. The van der Waals surface area contributed by atoms with Gasteiger partial charge in [0.1, 0.15) is 5.56 Å². The number of hydrazone groups is 1. The number of aromatic hydroxyl groups is 1. The van der Waals surface area contributed by atoms with Gasteiger partial charge >= 0.3 is 6.03 Å². The second-order valence-corrected chi connectivity index (χ2v) is 4.79. The molecule has 9 heteroatoms. The summed E-state index contributed by atoms with van der Waals surface area (Å²) in [5.74, 6) is -0.394. The van der Waals surface area contributed by atoms with Crippen molar-refractivity contribution < 1.29 is 9.90 Å². The average molecular weight is 319 g/mol. The number of hydrogen-bond donors (Lipinski definition) is 4. The average Bonchev–Trinajstić information content (AvgIpc) is 2.42. The summed E-state index contributed by atoms with van der Waals surface area (Å²) in [5.41, 5.74) is 7.53. The molecule has 114 valence electrons. The van der Waals surface area contributed by atoms with Gasteiger partial charge in [0.25, 0.3) is 5.56 Å². The van der Waals surface area contributed by atoms with Gasteiger partial charge in [-0.3, -0.25) is 14.3 Å². The van der Waals surface area contributed by atoms with Crippen LogP contribution in [0.4, 0.5) is 4.79 Å². The number of H-pyrrole nitrogens is 1. The minimum absolute atomic E-state index is 0.0353. The Balaban J connectivity index is 2.61. The number of carbonyl (C=O) groups excluding carboxylic acids is 1. The molecule has 2 amide bonds. The van der Waals surface area contributed by atoms with E-state index in [9.17, 15) is 14.7 Å². The predicted molar refractivity (Wildman–Crippen MR) is 83.9 cm³/mol. The van der Waals surface area contributed by atoms with Gasteiger partial charge in [0.05, 0.1) is 11.9 Å². The van der Waals surface area contributed by atoms with Gasteiger partial charge in [-0.15, -0.1) is 0 Å². The number of nitrogens with one attached hydrogen (secondary N) is 2. The maximum absolute atomic E-state index is 11.9. The molecule has 0 bridgehead atoms. The summed E-state index contributed by atoms with van der Waals surface area (Å²) in [7, 11) is 0. The van der Waals surface area contributed by atoms with E-state index in [1.54, 1.807) is 18.2 Å². The van der Waals surface area contributed by atoms with E-state index in [0.29, 0.717) is 5.69 Å². The van der Waals surface area contributed by atoms with Gasteiger partial charge in [-0.2, -0.15) is 5.10 Å². The SMILES string of the molecule is Cc1cccc(-n2c(O)c(/C=N/NC(N)=O)c(=O)[nH]c2=S)c1. The number of carbonyl (C=O) groups is 1. The number of benzene rings is 1. The first-order valence-electron chi connectivity index (χ1n) is 6.14. The van der Waals surface area contributed by atoms with Gasteiger partial charge in [0.15, 0.2) is 4.77 Å². The van der Waals surface area contributed by atoms with Crippen molar-refractivity contribution in [3.05, 3.63) is 50.5 Å². The van der Waals surface area contributed by atoms with Crippen LogP contribution in [0.5, 0.6) is 5.88 Å². The van der Waals surface area contributed by atoms with Gasteiger partial charge in [-0.25, -0.2) is 10.2 Å². The molecule has 2 rings (SSSR count). The molecule has 0 fully saturated rings. The third kappa shape index (κ3) is 3.20. The van der Waals surface area contributed by atoms with E-state index in [0.717, 1.165) is 11.8 Å². The molecule has 22 heavy (non-hydrogen) atoms. The van der Waals surface area contributed by atoms with Gasteiger partial charge in [0, 0.05) is 0 Å². The van der Waals surface area contributed by atoms with E-state index in [1.165, 1.54) is 4.57 Å². The minimum Gasteiger partial charge on any atom is -0.494 e. The van der Waals surface area contributed by atoms with E-state index in [4.69, 9.17) is 18.0 Å². The molecule has 0 saturated heterocycles. The predicted octanol–water partition coefficient (Wildman–Crippen LogP) is 0.911. The van der Waals surface area contributed by atoms with Crippen molar-refractivity contribution in [2.24, 2.45) is 10.8 Å². The van der Waals surface area contributed by atoms with E-state index < -0.39 is 17.5 Å². The number of aromatic amines is 1. The molecule has 0 aliphatic rings. The second-order valence-electron chi connectivity index (χ2n) is 4.41. The summed E-state index contributed by atoms with van der Waals surface area (Å²) in [6.45, 7) is 1.88. The topological polar surface area (TPSA) is 125 Å². The molecule has 0 spiro atoms. The Morgan fingerprint density at radius 2 is 2.27 bits per heavy atom. The Labute approximate surface area is 129 Å². The fraction of sp³-hybridized carbons (Fsp3) is 0.0769. The van der Waals surface area contributed by atoms with Crippen LogP contribution >= 0.6 is 12.2 Å². The Morgan fingerprint density at radius 1 is 1.55 bits per heavy atom. The largest absolute Gasteiger partial charge is 0.494 e. The van der Waals surface area contributed by atoms with Gasteiger partial charge in [-0.05, 0) is 36.8 Å². The highest BCUT2D eigenvalue weighted by Crippen LogP contribution is 2.19. The van der Waals surface area contributed by atoms with E-state index in [2.05, 4.69) is 10.1 Å². The Kier molecular flexibility index (Phi) is 4.37. The summed E-state index contributed by atoms with van der Waals surface area (Å²) in [4.78, 5) is 24.9. The molecule has 5 N–H and O–H groups in total. The van der Waals surface area contributed by atoms with Gasteiger partial charge in [-0.1, -0.05) is 12.1 Å². The van der Waals surface area contributed by atoms with E-state index in [1.807, 2.05) is 18.4 Å². The number of nitrogens with zero attached hydrogens (tertiary/aromatic N) is 2. The molecule has 8 nitrogen and oxygen atoms in total. The summed E-state index contributed by atoms with van der Waals surface area (Å²) in [6, 6.07) is 6.30. The molecule has 0 atom stereocenters. The number of nitrogens with two attached hydrogens (primary N) is 1. The fourth-order valence-electron chi connectivity index (χ4n) is 1.82. The molecular weight excluding hydrogens is 306 g/mol. The van der Waals surface area contributed by atoms with Crippen LogP contribution in [0.1, 0.15) is 11.1 Å². The normalized spacial score (nSPS) is 10.8. The maximum atomic E-state index is 11.9. The lowest BCUT2D eigenvalue weighted by Crippen LogP contribution is -2.25. The van der Waals surface area contributed by atoms with Crippen LogP contribution < -0.4 is 16.7 Å². The van der Waals surface area contributed by atoms with Crippen LogP contribution in [-0.4, -0.2) is 26.9 Å². The Bertz CT molecular complexity index is 869. The number of aromatic nitrogens is 2. The fourth-order valence-corrected chi connectivity index (χ4v) is 2.11. The number of amides is 2. The van der Waals surface area contributed by atoms with Crippen molar-refractivity contribution in [1.82, 2.24) is 15.0 Å². The molecule has 2 aromatic rings. The van der Waals surface area contributed by atoms with Gasteiger partial charge in [0.2, 0.25) is 5.88 Å². The van der Waals surface area contributed by atoms with Crippen molar-refractivity contribution in [2.45, 2.75) is 6.92 Å².